The van der Waals surface area contributed by atoms with Crippen LogP contribution in [0, 0.1) is 6.92 Å². The van der Waals surface area contributed by atoms with Crippen LogP contribution < -0.4 is 0 Å². The molecular weight excluding hydrogens is 358 g/mol. The summed E-state index contributed by atoms with van der Waals surface area (Å²) in [7, 11) is 1.65. The second-order valence-electron chi connectivity index (χ2n) is 6.99. The molecule has 0 radical (unpaired) electrons. The first-order chi connectivity index (χ1) is 13.1. The highest BCUT2D eigenvalue weighted by atomic mass is 32.1. The molecule has 1 aromatic heterocycles. The summed E-state index contributed by atoms with van der Waals surface area (Å²) < 4.78 is 5.74. The van der Waals surface area contributed by atoms with Gasteiger partial charge in [0.05, 0.1) is 16.6 Å². The minimum Gasteiger partial charge on any atom is -0.350 e. The summed E-state index contributed by atoms with van der Waals surface area (Å²) >= 11 is 1.64. The zero-order chi connectivity index (χ0) is 18.9. The van der Waals surface area contributed by atoms with E-state index < -0.39 is 11.4 Å². The molecule has 2 heterocycles. The molecule has 2 unspecified atom stereocenters. The fourth-order valence-corrected chi connectivity index (χ4v) is 4.39. The number of rotatable bonds is 4. The third-order valence-electron chi connectivity index (χ3n) is 5.35. The monoisotopic (exact) mass is 381 g/mol. The molecule has 2 atom stereocenters. The third kappa shape index (κ3) is 3.21. The minimum atomic E-state index is -0.909. The standard InChI is InChI=1S/C22H23NO3S/c1-16-23-20(15-27-16)19-14-22(17-10-6-4-7-11-17,18-12-8-5-9-13-18)26-25-21(19,2)24-3/h4-13,15,19H,14H2,1-3H3. The molecule has 1 fully saturated rings. The summed E-state index contributed by atoms with van der Waals surface area (Å²) in [5.41, 5.74) is 2.34. The molecule has 4 nitrogen and oxygen atoms in total. The Bertz CT molecular complexity index is 857. The maximum absolute atomic E-state index is 6.15. The zero-order valence-corrected chi connectivity index (χ0v) is 16.5. The second kappa shape index (κ2) is 7.17. The van der Waals surface area contributed by atoms with Gasteiger partial charge in [0.2, 0.25) is 5.79 Å². The summed E-state index contributed by atoms with van der Waals surface area (Å²) in [5.74, 6) is -0.991. The summed E-state index contributed by atoms with van der Waals surface area (Å²) in [6, 6.07) is 20.4. The Balaban J connectivity index is 1.85. The van der Waals surface area contributed by atoms with Gasteiger partial charge in [-0.15, -0.1) is 11.3 Å². The topological polar surface area (TPSA) is 40.6 Å². The number of methoxy groups -OCH3 is 1. The number of aryl methyl sites for hydroxylation is 1. The number of aromatic nitrogens is 1. The van der Waals surface area contributed by atoms with Crippen molar-refractivity contribution < 1.29 is 14.5 Å². The second-order valence-corrected chi connectivity index (χ2v) is 8.06. The molecule has 0 aliphatic carbocycles. The highest BCUT2D eigenvalue weighted by Crippen LogP contribution is 2.51. The lowest BCUT2D eigenvalue weighted by Crippen LogP contribution is -2.50. The van der Waals surface area contributed by atoms with Crippen molar-refractivity contribution in [2.24, 2.45) is 0 Å². The fraction of sp³-hybridized carbons (Fsp3) is 0.318. The van der Waals surface area contributed by atoms with Crippen molar-refractivity contribution in [1.82, 2.24) is 4.98 Å². The van der Waals surface area contributed by atoms with E-state index in [9.17, 15) is 0 Å². The number of hydrogen-bond donors (Lipinski definition) is 0. The summed E-state index contributed by atoms with van der Waals surface area (Å²) in [4.78, 5) is 16.8. The van der Waals surface area contributed by atoms with Crippen molar-refractivity contribution in [2.75, 3.05) is 7.11 Å². The van der Waals surface area contributed by atoms with E-state index in [1.165, 1.54) is 0 Å². The number of ether oxygens (including phenoxy) is 1. The highest BCUT2D eigenvalue weighted by Gasteiger charge is 2.53. The summed E-state index contributed by atoms with van der Waals surface area (Å²) in [6.45, 7) is 3.92. The maximum Gasteiger partial charge on any atom is 0.207 e. The van der Waals surface area contributed by atoms with Crippen LogP contribution in [0.15, 0.2) is 66.0 Å². The molecule has 0 N–H and O–H groups in total. The highest BCUT2D eigenvalue weighted by molar-refractivity contribution is 7.09. The number of benzene rings is 2. The van der Waals surface area contributed by atoms with E-state index >= 15 is 0 Å². The molecule has 1 aliphatic rings. The SMILES string of the molecule is COC1(C)OOC(c2ccccc2)(c2ccccc2)CC1c1csc(C)n1. The van der Waals surface area contributed by atoms with Crippen LogP contribution in [0.5, 0.6) is 0 Å². The molecule has 140 valence electrons. The number of nitrogens with zero attached hydrogens (tertiary/aromatic N) is 1. The summed E-state index contributed by atoms with van der Waals surface area (Å²) in [5, 5.41) is 3.12. The van der Waals surface area contributed by atoms with E-state index in [-0.39, 0.29) is 5.92 Å². The van der Waals surface area contributed by atoms with Gasteiger partial charge >= 0.3 is 0 Å². The van der Waals surface area contributed by atoms with Gasteiger partial charge in [-0.25, -0.2) is 9.87 Å². The van der Waals surface area contributed by atoms with Gasteiger partial charge in [0.1, 0.15) is 0 Å². The molecule has 5 heteroatoms. The third-order valence-corrected chi connectivity index (χ3v) is 6.15. The first-order valence-electron chi connectivity index (χ1n) is 9.02. The largest absolute Gasteiger partial charge is 0.350 e. The van der Waals surface area contributed by atoms with Crippen LogP contribution in [0.2, 0.25) is 0 Å². The van der Waals surface area contributed by atoms with Crippen molar-refractivity contribution in [3.8, 4) is 0 Å². The van der Waals surface area contributed by atoms with Crippen molar-refractivity contribution in [2.45, 2.75) is 37.6 Å². The van der Waals surface area contributed by atoms with E-state index in [0.29, 0.717) is 6.42 Å². The van der Waals surface area contributed by atoms with Gasteiger partial charge in [0.25, 0.3) is 0 Å². The molecule has 1 saturated heterocycles. The Morgan fingerprint density at radius 1 is 1.00 bits per heavy atom. The Labute approximate surface area is 163 Å². The van der Waals surface area contributed by atoms with E-state index in [1.54, 1.807) is 18.4 Å². The number of hydrogen-bond acceptors (Lipinski definition) is 5. The van der Waals surface area contributed by atoms with Gasteiger partial charge in [0.15, 0.2) is 5.60 Å². The smallest absolute Gasteiger partial charge is 0.207 e. The predicted molar refractivity (Wildman–Crippen MR) is 105 cm³/mol. The molecule has 4 rings (SSSR count). The lowest BCUT2D eigenvalue weighted by Gasteiger charge is -2.47. The van der Waals surface area contributed by atoms with Gasteiger partial charge in [-0.05, 0) is 25.0 Å². The van der Waals surface area contributed by atoms with Crippen LogP contribution in [0.25, 0.3) is 0 Å². The van der Waals surface area contributed by atoms with E-state index in [4.69, 9.17) is 19.5 Å². The molecule has 0 spiro atoms. The molecule has 1 aliphatic heterocycles. The van der Waals surface area contributed by atoms with Crippen molar-refractivity contribution in [1.29, 1.82) is 0 Å². The first-order valence-corrected chi connectivity index (χ1v) is 9.90. The lowest BCUT2D eigenvalue weighted by atomic mass is 9.75. The molecule has 2 aromatic carbocycles. The number of thiazole rings is 1. The average molecular weight is 381 g/mol. The van der Waals surface area contributed by atoms with Crippen molar-refractivity contribution in [3.63, 3.8) is 0 Å². The van der Waals surface area contributed by atoms with Crippen molar-refractivity contribution >= 4 is 11.3 Å². The van der Waals surface area contributed by atoms with E-state index in [1.807, 2.05) is 50.2 Å². The molecule has 27 heavy (non-hydrogen) atoms. The molecule has 0 saturated carbocycles. The molecule has 3 aromatic rings. The summed E-state index contributed by atoms with van der Waals surface area (Å²) in [6.07, 6.45) is 0.661. The minimum absolute atomic E-state index is 0.0818. The van der Waals surface area contributed by atoms with E-state index in [2.05, 4.69) is 29.6 Å². The first kappa shape index (κ1) is 18.3. The predicted octanol–water partition coefficient (Wildman–Crippen LogP) is 5.19. The Hall–Kier alpha value is -2.05. The van der Waals surface area contributed by atoms with Crippen LogP contribution >= 0.6 is 11.3 Å². The molecule has 0 amide bonds. The quantitative estimate of drug-likeness (QED) is 0.583. The lowest BCUT2D eigenvalue weighted by molar-refractivity contribution is -0.487. The maximum atomic E-state index is 6.15. The molecule has 0 bridgehead atoms. The van der Waals surface area contributed by atoms with Crippen LogP contribution in [0.4, 0.5) is 0 Å². The molecular formula is C22H23NO3S. The Morgan fingerprint density at radius 2 is 1.59 bits per heavy atom. The van der Waals surface area contributed by atoms with Gasteiger partial charge in [0, 0.05) is 18.9 Å². The Morgan fingerprint density at radius 3 is 2.07 bits per heavy atom. The van der Waals surface area contributed by atoms with E-state index in [0.717, 1.165) is 21.8 Å². The van der Waals surface area contributed by atoms with Gasteiger partial charge in [-0.3, -0.25) is 0 Å². The van der Waals surface area contributed by atoms with Crippen LogP contribution in [0.3, 0.4) is 0 Å². The fourth-order valence-electron chi connectivity index (χ4n) is 3.72. The van der Waals surface area contributed by atoms with Crippen LogP contribution in [-0.4, -0.2) is 17.9 Å². The van der Waals surface area contributed by atoms with Gasteiger partial charge < -0.3 is 4.74 Å². The van der Waals surface area contributed by atoms with Gasteiger partial charge in [-0.2, -0.15) is 4.89 Å². The Kier molecular flexibility index (Phi) is 4.86. The van der Waals surface area contributed by atoms with Crippen LogP contribution in [0.1, 0.15) is 41.1 Å². The van der Waals surface area contributed by atoms with Gasteiger partial charge in [-0.1, -0.05) is 60.7 Å². The average Bonchev–Trinajstić information content (AvgIpc) is 3.16. The van der Waals surface area contributed by atoms with Crippen LogP contribution in [-0.2, 0) is 20.1 Å². The normalized spacial score (nSPS) is 24.6. The van der Waals surface area contributed by atoms with Crippen molar-refractivity contribution in [3.05, 3.63) is 87.9 Å². The zero-order valence-electron chi connectivity index (χ0n) is 15.7.